The lowest BCUT2D eigenvalue weighted by molar-refractivity contribution is -0.140. The summed E-state index contributed by atoms with van der Waals surface area (Å²) < 4.78 is 0. The number of carbonyl (C=O) groups is 1. The van der Waals surface area contributed by atoms with Crippen LogP contribution in [0.1, 0.15) is 99.3 Å². The van der Waals surface area contributed by atoms with Gasteiger partial charge in [-0.15, -0.1) is 0 Å². The van der Waals surface area contributed by atoms with Crippen molar-refractivity contribution >= 4 is 5.78 Å². The molecule has 29 heavy (non-hydrogen) atoms. The lowest BCUT2D eigenvalue weighted by atomic mass is 9.44. The second kappa shape index (κ2) is 7.83. The Bertz CT molecular complexity index is 647. The highest BCUT2D eigenvalue weighted by molar-refractivity contribution is 5.79. The van der Waals surface area contributed by atoms with Crippen molar-refractivity contribution in [2.45, 2.75) is 99.3 Å². The Morgan fingerprint density at radius 2 is 1.59 bits per heavy atom. The SMILES string of the molecule is CC(C)[C@@H](C)C=C[C@@H](C)[C@H]1CC[C@H]2[C@@H]3CC[C@@H]4CC(=O)CC[C@]4(C)[C@H]3CC[C@]12C. The second-order valence-electron chi connectivity index (χ2n) is 12.5. The maximum absolute atomic E-state index is 12.1. The van der Waals surface area contributed by atoms with Gasteiger partial charge in [0.1, 0.15) is 5.78 Å². The Balaban J connectivity index is 1.51. The molecule has 0 aromatic rings. The lowest BCUT2D eigenvalue weighted by Gasteiger charge is -2.60. The van der Waals surface area contributed by atoms with Crippen LogP contribution in [0.15, 0.2) is 12.2 Å². The smallest absolute Gasteiger partial charge is 0.133 e. The van der Waals surface area contributed by atoms with E-state index in [9.17, 15) is 4.79 Å². The fourth-order valence-electron chi connectivity index (χ4n) is 8.66. The summed E-state index contributed by atoms with van der Waals surface area (Å²) in [6.45, 7) is 14.8. The molecular weight excluding hydrogens is 352 g/mol. The van der Waals surface area contributed by atoms with Crippen LogP contribution in [0, 0.1) is 58.2 Å². The van der Waals surface area contributed by atoms with Crippen molar-refractivity contribution < 1.29 is 4.79 Å². The van der Waals surface area contributed by atoms with Crippen LogP contribution in [0.3, 0.4) is 0 Å². The van der Waals surface area contributed by atoms with Crippen molar-refractivity contribution in [1.82, 2.24) is 0 Å². The lowest BCUT2D eigenvalue weighted by Crippen LogP contribution is -2.53. The molecule has 0 aromatic carbocycles. The summed E-state index contributed by atoms with van der Waals surface area (Å²) in [5, 5.41) is 0. The van der Waals surface area contributed by atoms with Gasteiger partial charge in [-0.05, 0) is 103 Å². The van der Waals surface area contributed by atoms with Crippen molar-refractivity contribution in [1.29, 1.82) is 0 Å². The minimum absolute atomic E-state index is 0.453. The normalized spacial score (nSPS) is 47.0. The van der Waals surface area contributed by atoms with E-state index in [1.54, 1.807) is 0 Å². The Morgan fingerprint density at radius 3 is 2.31 bits per heavy atom. The summed E-state index contributed by atoms with van der Waals surface area (Å²) in [6, 6.07) is 0. The average molecular weight is 399 g/mol. The molecule has 1 nitrogen and oxygen atoms in total. The summed E-state index contributed by atoms with van der Waals surface area (Å²) in [5.41, 5.74) is 0.994. The topological polar surface area (TPSA) is 17.1 Å². The standard InChI is InChI=1S/C28H46O/c1-18(2)19(3)7-8-20(4)24-11-12-25-23-10-9-21-17-22(29)13-15-27(21,5)26(23)14-16-28(24,25)6/h7-8,18-21,23-26H,9-17H2,1-6H3/t19-,20+,21+,23-,24+,25-,26-,27-,28+/m0/s1. The van der Waals surface area contributed by atoms with Gasteiger partial charge in [-0.2, -0.15) is 0 Å². The van der Waals surface area contributed by atoms with Gasteiger partial charge in [-0.3, -0.25) is 4.79 Å². The largest absolute Gasteiger partial charge is 0.300 e. The number of hydrogen-bond donors (Lipinski definition) is 0. The van der Waals surface area contributed by atoms with E-state index in [0.717, 1.165) is 42.4 Å². The van der Waals surface area contributed by atoms with Crippen molar-refractivity contribution in [3.63, 3.8) is 0 Å². The Hall–Kier alpha value is -0.590. The zero-order valence-electron chi connectivity index (χ0n) is 20.0. The van der Waals surface area contributed by atoms with Crippen LogP contribution in [-0.4, -0.2) is 5.78 Å². The zero-order valence-corrected chi connectivity index (χ0v) is 20.0. The van der Waals surface area contributed by atoms with Crippen LogP contribution in [0.5, 0.6) is 0 Å². The summed E-state index contributed by atoms with van der Waals surface area (Å²) in [4.78, 5) is 12.1. The van der Waals surface area contributed by atoms with Gasteiger partial charge in [-0.25, -0.2) is 0 Å². The van der Waals surface area contributed by atoms with E-state index in [1.807, 2.05) is 0 Å². The zero-order chi connectivity index (χ0) is 21.0. The summed E-state index contributed by atoms with van der Waals surface area (Å²) in [5.74, 6) is 6.97. The molecule has 0 aliphatic heterocycles. The predicted molar refractivity (Wildman–Crippen MR) is 123 cm³/mol. The minimum Gasteiger partial charge on any atom is -0.300 e. The molecule has 0 heterocycles. The molecule has 9 atom stereocenters. The van der Waals surface area contributed by atoms with Gasteiger partial charge in [0.25, 0.3) is 0 Å². The van der Waals surface area contributed by atoms with Crippen LogP contribution < -0.4 is 0 Å². The number of ketones is 1. The molecule has 0 radical (unpaired) electrons. The molecule has 4 saturated carbocycles. The number of carbonyl (C=O) groups excluding carboxylic acids is 1. The first kappa shape index (κ1) is 21.6. The van der Waals surface area contributed by atoms with Gasteiger partial charge in [0, 0.05) is 12.8 Å². The summed E-state index contributed by atoms with van der Waals surface area (Å²) in [7, 11) is 0. The Morgan fingerprint density at radius 1 is 0.862 bits per heavy atom. The molecule has 4 aliphatic carbocycles. The monoisotopic (exact) mass is 398 g/mol. The first-order chi connectivity index (χ1) is 13.7. The molecule has 4 rings (SSSR count). The molecule has 164 valence electrons. The quantitative estimate of drug-likeness (QED) is 0.443. The van der Waals surface area contributed by atoms with Crippen LogP contribution in [-0.2, 0) is 4.79 Å². The van der Waals surface area contributed by atoms with Gasteiger partial charge < -0.3 is 0 Å². The van der Waals surface area contributed by atoms with E-state index in [0.29, 0.717) is 34.4 Å². The maximum atomic E-state index is 12.1. The predicted octanol–water partition coefficient (Wildman–Crippen LogP) is 7.70. The van der Waals surface area contributed by atoms with Crippen LogP contribution in [0.4, 0.5) is 0 Å². The summed E-state index contributed by atoms with van der Waals surface area (Å²) >= 11 is 0. The van der Waals surface area contributed by atoms with E-state index >= 15 is 0 Å². The first-order valence-corrected chi connectivity index (χ1v) is 12.9. The van der Waals surface area contributed by atoms with E-state index in [1.165, 1.54) is 44.9 Å². The van der Waals surface area contributed by atoms with E-state index < -0.39 is 0 Å². The first-order valence-electron chi connectivity index (χ1n) is 12.9. The van der Waals surface area contributed by atoms with E-state index in [4.69, 9.17) is 0 Å². The fourth-order valence-corrected chi connectivity index (χ4v) is 8.66. The molecule has 0 amide bonds. The summed E-state index contributed by atoms with van der Waals surface area (Å²) in [6.07, 6.45) is 16.5. The van der Waals surface area contributed by atoms with Gasteiger partial charge in [0.2, 0.25) is 0 Å². The Kier molecular flexibility index (Phi) is 5.84. The highest BCUT2D eigenvalue weighted by Gasteiger charge is 2.60. The highest BCUT2D eigenvalue weighted by Crippen LogP contribution is 2.68. The van der Waals surface area contributed by atoms with Crippen LogP contribution >= 0.6 is 0 Å². The highest BCUT2D eigenvalue weighted by atomic mass is 16.1. The molecule has 4 aliphatic rings. The molecule has 4 fully saturated rings. The molecular formula is C28H46O. The second-order valence-corrected chi connectivity index (χ2v) is 12.5. The average Bonchev–Trinajstić information content (AvgIpc) is 3.03. The molecule has 0 unspecified atom stereocenters. The number of rotatable bonds is 4. The van der Waals surface area contributed by atoms with Crippen LogP contribution in [0.2, 0.25) is 0 Å². The molecule has 0 spiro atoms. The molecule has 0 N–H and O–H groups in total. The maximum Gasteiger partial charge on any atom is 0.133 e. The van der Waals surface area contributed by atoms with Gasteiger partial charge in [0.05, 0.1) is 0 Å². The number of hydrogen-bond acceptors (Lipinski definition) is 1. The van der Waals surface area contributed by atoms with Gasteiger partial charge in [0.15, 0.2) is 0 Å². The van der Waals surface area contributed by atoms with Gasteiger partial charge >= 0.3 is 0 Å². The molecule has 0 aromatic heterocycles. The number of fused-ring (bicyclic) bond motifs is 5. The number of Topliss-reactive ketones (excluding diaryl/α,β-unsaturated/α-hetero) is 1. The third kappa shape index (κ3) is 3.57. The van der Waals surface area contributed by atoms with Crippen molar-refractivity contribution in [2.75, 3.05) is 0 Å². The third-order valence-corrected chi connectivity index (χ3v) is 11.0. The fraction of sp³-hybridized carbons (Fsp3) is 0.893. The number of allylic oxidation sites excluding steroid dienone is 2. The molecule has 0 saturated heterocycles. The molecule has 0 bridgehead atoms. The minimum atomic E-state index is 0.453. The van der Waals surface area contributed by atoms with E-state index in [2.05, 4.69) is 53.7 Å². The third-order valence-electron chi connectivity index (χ3n) is 11.0. The van der Waals surface area contributed by atoms with Crippen molar-refractivity contribution in [3.05, 3.63) is 12.2 Å². The Labute approximate surface area is 180 Å². The van der Waals surface area contributed by atoms with Gasteiger partial charge in [-0.1, -0.05) is 53.7 Å². The van der Waals surface area contributed by atoms with E-state index in [-0.39, 0.29) is 0 Å². The van der Waals surface area contributed by atoms with Crippen molar-refractivity contribution in [2.24, 2.45) is 58.2 Å². The van der Waals surface area contributed by atoms with Crippen molar-refractivity contribution in [3.8, 4) is 0 Å². The van der Waals surface area contributed by atoms with Crippen LogP contribution in [0.25, 0.3) is 0 Å². The molecule has 1 heteroatoms.